The van der Waals surface area contributed by atoms with Gasteiger partial charge in [0, 0.05) is 5.41 Å². The molecule has 5 aliphatic carbocycles. The number of ether oxygens (including phenoxy) is 12. The lowest BCUT2D eigenvalue weighted by atomic mass is 9.33. The third kappa shape index (κ3) is 12.1. The van der Waals surface area contributed by atoms with Gasteiger partial charge in [-0.05, 0) is 111 Å². The second-order valence-corrected chi connectivity index (χ2v) is 30.5. The maximum Gasteiger partial charge on any atom is 0.315 e. The standard InChI is InChI=1S/C63H98O29/c1-26-46-47(88-51-43(76)38(71)30(67)22-81-51)45(78)53(84-26)90-48-39(72)31(68)23-82-54(48)92-56(79)63-15-13-57(2,3)17-28(63)27-9-10-35-59(5)18-29(66)50(60(6,25-65)34(59)11-12-62(35,8)61(27,7)14-16-63)91-55-49(42(75)40(73)32(21-64)86-55)89-52-44(77)41(74)33(24-83-52)85-36(69)19-58(4,80)20-37(70)87-46/h9,26,28-35,38-55,64-68,71-78,80H,10-25H2,1-8H3/t26-,28-,29-,30+,31-,32+,33-,34?,35?,38-,39-,40+,41-,42-,43+,44+,45+,46-,47-,48+,49+,50-,51-,52-,53-,54-,55-,58?,59-,60-,61+,62+,63-/m0/s1. The molecule has 17 aliphatic rings. The van der Waals surface area contributed by atoms with Crippen molar-refractivity contribution >= 4 is 17.9 Å². The van der Waals surface area contributed by atoms with Crippen molar-refractivity contribution in [3.05, 3.63) is 11.6 Å². The Morgan fingerprint density at radius 2 is 1.21 bits per heavy atom. The summed E-state index contributed by atoms with van der Waals surface area (Å²) in [5, 5.41) is 159. The van der Waals surface area contributed by atoms with E-state index in [-0.39, 0.29) is 29.6 Å². The van der Waals surface area contributed by atoms with E-state index in [0.717, 1.165) is 12.5 Å². The molecule has 4 saturated carbocycles. The number of aliphatic hydroxyl groups excluding tert-OH is 13. The van der Waals surface area contributed by atoms with Crippen LogP contribution in [0.15, 0.2) is 11.6 Å². The van der Waals surface area contributed by atoms with Gasteiger partial charge in [-0.25, -0.2) is 0 Å². The minimum absolute atomic E-state index is 0.109. The summed E-state index contributed by atoms with van der Waals surface area (Å²) in [6.45, 7) is 12.2. The van der Waals surface area contributed by atoms with Crippen molar-refractivity contribution in [1.82, 2.24) is 0 Å². The number of carbonyl (C=O) groups excluding carboxylic acids is 3. The van der Waals surface area contributed by atoms with Gasteiger partial charge in [0.2, 0.25) is 6.29 Å². The summed E-state index contributed by atoms with van der Waals surface area (Å²) in [7, 11) is 0. The quantitative estimate of drug-likeness (QED) is 0.0590. The molecule has 3 unspecified atom stereocenters. The maximum atomic E-state index is 15.6. The Morgan fingerprint density at radius 3 is 1.90 bits per heavy atom. The van der Waals surface area contributed by atoms with Crippen LogP contribution in [0.25, 0.3) is 0 Å². The fraction of sp³-hybridized carbons (Fsp3) is 0.921. The van der Waals surface area contributed by atoms with E-state index in [2.05, 4.69) is 40.7 Å². The molecular formula is C63H98O29. The van der Waals surface area contributed by atoms with Gasteiger partial charge in [-0.1, -0.05) is 53.2 Å². The molecule has 12 fully saturated rings. The van der Waals surface area contributed by atoms with E-state index in [0.29, 0.717) is 51.4 Å². The van der Waals surface area contributed by atoms with E-state index >= 15 is 4.79 Å². The molecule has 92 heavy (non-hydrogen) atoms. The Balaban J connectivity index is 0.951. The van der Waals surface area contributed by atoms with Crippen molar-refractivity contribution in [1.29, 1.82) is 0 Å². The smallest absolute Gasteiger partial charge is 0.315 e. The van der Waals surface area contributed by atoms with Crippen LogP contribution in [0, 0.1) is 50.2 Å². The molecular weight excluding hydrogens is 1220 g/mol. The van der Waals surface area contributed by atoms with E-state index in [9.17, 15) is 81.1 Å². The molecule has 14 N–H and O–H groups in total. The lowest BCUT2D eigenvalue weighted by Gasteiger charge is -2.72. The first kappa shape index (κ1) is 70.5. The second-order valence-electron chi connectivity index (χ2n) is 30.5. The second kappa shape index (κ2) is 25.8. The summed E-state index contributed by atoms with van der Waals surface area (Å²) in [5.74, 6) is -3.90. The highest BCUT2D eigenvalue weighted by Crippen LogP contribution is 2.76. The van der Waals surface area contributed by atoms with E-state index in [1.807, 2.05) is 6.92 Å². The zero-order valence-corrected chi connectivity index (χ0v) is 53.4. The first-order chi connectivity index (χ1) is 43.1. The lowest BCUT2D eigenvalue weighted by Crippen LogP contribution is -2.70. The van der Waals surface area contributed by atoms with Crippen LogP contribution in [0.5, 0.6) is 0 Å². The fourth-order valence-electron chi connectivity index (χ4n) is 18.5. The minimum Gasteiger partial charge on any atom is -0.457 e. The Kier molecular flexibility index (Phi) is 19.8. The van der Waals surface area contributed by atoms with Gasteiger partial charge in [0.1, 0.15) is 79.4 Å². The molecule has 12 aliphatic heterocycles. The van der Waals surface area contributed by atoms with Crippen molar-refractivity contribution in [2.45, 2.75) is 279 Å². The van der Waals surface area contributed by atoms with Crippen molar-refractivity contribution in [2.24, 2.45) is 50.2 Å². The van der Waals surface area contributed by atoms with Gasteiger partial charge >= 0.3 is 17.9 Å². The largest absolute Gasteiger partial charge is 0.457 e. The van der Waals surface area contributed by atoms with Crippen LogP contribution in [0.3, 0.4) is 0 Å². The zero-order chi connectivity index (χ0) is 66.9. The molecule has 29 nitrogen and oxygen atoms in total. The molecule has 33 atom stereocenters. The predicted octanol–water partition coefficient (Wildman–Crippen LogP) is -2.68. The first-order valence-electron chi connectivity index (χ1n) is 32.6. The maximum absolute atomic E-state index is 15.6. The molecule has 0 amide bonds. The Bertz CT molecular complexity index is 2700. The summed E-state index contributed by atoms with van der Waals surface area (Å²) < 4.78 is 72.3. The molecule has 8 saturated heterocycles. The molecule has 12 bridgehead atoms. The molecule has 0 aromatic carbocycles. The number of esters is 3. The first-order valence-corrected chi connectivity index (χ1v) is 32.6. The molecule has 29 heteroatoms. The van der Waals surface area contributed by atoms with E-state index in [1.165, 1.54) is 6.92 Å². The van der Waals surface area contributed by atoms with Crippen LogP contribution in [0.1, 0.15) is 126 Å². The fourth-order valence-corrected chi connectivity index (χ4v) is 18.5. The van der Waals surface area contributed by atoms with Crippen molar-refractivity contribution in [3.63, 3.8) is 0 Å². The molecule has 1 spiro atoms. The van der Waals surface area contributed by atoms with Gasteiger partial charge in [0.25, 0.3) is 0 Å². The normalized spacial score (nSPS) is 54.4. The summed E-state index contributed by atoms with van der Waals surface area (Å²) in [4.78, 5) is 43.1. The molecule has 12 heterocycles. The lowest BCUT2D eigenvalue weighted by molar-refractivity contribution is -0.377. The van der Waals surface area contributed by atoms with E-state index in [1.54, 1.807) is 0 Å². The van der Waals surface area contributed by atoms with Crippen LogP contribution in [-0.4, -0.2) is 275 Å². The summed E-state index contributed by atoms with van der Waals surface area (Å²) in [6.07, 6.45) is -36.9. The van der Waals surface area contributed by atoms with Gasteiger partial charge in [-0.3, -0.25) is 14.4 Å². The monoisotopic (exact) mass is 1320 g/mol. The van der Waals surface area contributed by atoms with E-state index in [4.69, 9.17) is 56.8 Å². The Labute approximate surface area is 533 Å². The Morgan fingerprint density at radius 1 is 0.565 bits per heavy atom. The highest BCUT2D eigenvalue weighted by molar-refractivity contribution is 5.79. The SMILES string of the molecule is C[C@@H]1O[C@H]2O[C@H]3[C@@H](OC[C@H](O)[C@@H]3O)OC(=O)[C@]34CCC(C)(C)C[C@H]3C3=CCC5[C@@]6(C)C[C@H](O)[C@H](O[C@@H]7O[C@H](CO)[C@@H](O)[C@H](O)[C@H]7O[C@@H]7OC[C@H](OC(=O)CC(C)(O)CC(=O)O[C@@H]1[C@@H](O[C@@H]1OC[C@@H](O)[C@H](O)[C@H]1O)[C@H]2O)[C@H](O)[C@H]7O)[C@@](C)(CO)C6CC[C@@]5(C)[C@]3(C)CC4. The van der Waals surface area contributed by atoms with E-state index < -0.39 is 244 Å². The van der Waals surface area contributed by atoms with Crippen LogP contribution in [-0.2, 0) is 71.2 Å². The summed E-state index contributed by atoms with van der Waals surface area (Å²) >= 11 is 0. The van der Waals surface area contributed by atoms with Crippen molar-refractivity contribution in [3.8, 4) is 0 Å². The van der Waals surface area contributed by atoms with Crippen LogP contribution in [0.4, 0.5) is 0 Å². The number of hydrogen-bond donors (Lipinski definition) is 14. The summed E-state index contributed by atoms with van der Waals surface area (Å²) in [5.41, 5.74) is -5.49. The molecule has 524 valence electrons. The van der Waals surface area contributed by atoms with Gasteiger partial charge in [-0.2, -0.15) is 0 Å². The molecule has 0 radical (unpaired) electrons. The highest BCUT2D eigenvalue weighted by atomic mass is 16.8. The number of carbonyl (C=O) groups is 3. The topological polar surface area (TPSA) is 445 Å². The Hall–Kier alpha value is -2.77. The van der Waals surface area contributed by atoms with Crippen LogP contribution >= 0.6 is 0 Å². The van der Waals surface area contributed by atoms with Crippen molar-refractivity contribution < 1.29 is 143 Å². The number of rotatable bonds is 4. The van der Waals surface area contributed by atoms with Gasteiger partial charge in [-0.15, -0.1) is 0 Å². The summed E-state index contributed by atoms with van der Waals surface area (Å²) in [6, 6.07) is 0. The van der Waals surface area contributed by atoms with Crippen LogP contribution in [0.2, 0.25) is 0 Å². The molecule has 0 aromatic heterocycles. The highest BCUT2D eigenvalue weighted by Gasteiger charge is 2.72. The predicted molar refractivity (Wildman–Crippen MR) is 306 cm³/mol. The molecule has 17 rings (SSSR count). The third-order valence-corrected chi connectivity index (χ3v) is 24.0. The minimum atomic E-state index is -2.29. The molecule has 0 aromatic rings. The van der Waals surface area contributed by atoms with Gasteiger partial charge < -0.3 is 128 Å². The number of aliphatic hydroxyl groups is 14. The average Bonchev–Trinajstić information content (AvgIpc) is 0.674. The average molecular weight is 1320 g/mol. The zero-order valence-electron chi connectivity index (χ0n) is 53.4. The third-order valence-electron chi connectivity index (χ3n) is 24.0. The van der Waals surface area contributed by atoms with Gasteiger partial charge in [0.05, 0.1) is 75.2 Å². The number of hydrogen-bond acceptors (Lipinski definition) is 29. The van der Waals surface area contributed by atoms with Gasteiger partial charge in [0.15, 0.2) is 43.5 Å². The van der Waals surface area contributed by atoms with Crippen molar-refractivity contribution in [2.75, 3.05) is 33.0 Å². The number of allylic oxidation sites excluding steroid dienone is 2. The van der Waals surface area contributed by atoms with Crippen LogP contribution < -0.4 is 0 Å².